The van der Waals surface area contributed by atoms with Gasteiger partial charge in [0.2, 0.25) is 5.88 Å². The van der Waals surface area contributed by atoms with E-state index >= 15 is 0 Å². The molecule has 0 N–H and O–H groups in total. The van der Waals surface area contributed by atoms with Crippen molar-refractivity contribution in [3.63, 3.8) is 0 Å². The standard InChI is InChI=1S/C25H28N2O4/c1-3-30-24-17-22(19-11-13-20(14-12-19)25(28)29-2)26-27(24)15-16-31-23-10-6-8-18-7-4-5-9-21(18)23/h6,8,10-14,17H,3-5,7,9,15-16H2,1-2H3. The lowest BCUT2D eigenvalue weighted by atomic mass is 9.91. The maximum absolute atomic E-state index is 11.7. The van der Waals surface area contributed by atoms with Crippen LogP contribution in [0.2, 0.25) is 0 Å². The Morgan fingerprint density at radius 2 is 1.87 bits per heavy atom. The molecule has 1 aliphatic carbocycles. The minimum Gasteiger partial charge on any atom is -0.491 e. The Morgan fingerprint density at radius 3 is 2.65 bits per heavy atom. The van der Waals surface area contributed by atoms with E-state index in [1.54, 1.807) is 12.1 Å². The van der Waals surface area contributed by atoms with Crippen molar-refractivity contribution in [3.8, 4) is 22.9 Å². The van der Waals surface area contributed by atoms with E-state index in [0.717, 1.165) is 29.8 Å². The Balaban J connectivity index is 1.47. The number of nitrogens with zero attached hydrogens (tertiary/aromatic N) is 2. The van der Waals surface area contributed by atoms with Crippen molar-refractivity contribution < 1.29 is 19.0 Å². The van der Waals surface area contributed by atoms with Crippen LogP contribution in [0.1, 0.15) is 41.3 Å². The first-order valence-electron chi connectivity index (χ1n) is 10.8. The molecule has 31 heavy (non-hydrogen) atoms. The van der Waals surface area contributed by atoms with Gasteiger partial charge in [0.15, 0.2) is 0 Å². The summed E-state index contributed by atoms with van der Waals surface area (Å²) in [6.45, 7) is 3.60. The number of hydrogen-bond donors (Lipinski definition) is 0. The number of aryl methyl sites for hydroxylation is 1. The van der Waals surface area contributed by atoms with Crippen LogP contribution in [0.25, 0.3) is 11.3 Å². The molecule has 0 unspecified atom stereocenters. The maximum atomic E-state index is 11.7. The van der Waals surface area contributed by atoms with Gasteiger partial charge in [0.1, 0.15) is 12.4 Å². The second kappa shape index (κ2) is 9.69. The van der Waals surface area contributed by atoms with Crippen LogP contribution in [0, 0.1) is 0 Å². The molecule has 2 aromatic carbocycles. The predicted octanol–water partition coefficient (Wildman–Crippen LogP) is 4.69. The number of carbonyl (C=O) groups is 1. The molecule has 0 bridgehead atoms. The molecule has 4 rings (SSSR count). The van der Waals surface area contributed by atoms with Gasteiger partial charge in [-0.3, -0.25) is 0 Å². The highest BCUT2D eigenvalue weighted by atomic mass is 16.5. The molecule has 0 fully saturated rings. The van der Waals surface area contributed by atoms with Crippen molar-refractivity contribution in [1.29, 1.82) is 0 Å². The van der Waals surface area contributed by atoms with Crippen LogP contribution in [0.5, 0.6) is 11.6 Å². The average Bonchev–Trinajstić information content (AvgIpc) is 3.21. The van der Waals surface area contributed by atoms with Gasteiger partial charge >= 0.3 is 5.97 Å². The quantitative estimate of drug-likeness (QED) is 0.495. The molecule has 0 saturated carbocycles. The van der Waals surface area contributed by atoms with Crippen LogP contribution in [0.4, 0.5) is 0 Å². The van der Waals surface area contributed by atoms with E-state index in [1.165, 1.54) is 31.1 Å². The van der Waals surface area contributed by atoms with E-state index in [2.05, 4.69) is 18.2 Å². The van der Waals surface area contributed by atoms with Gasteiger partial charge in [0.05, 0.1) is 31.5 Å². The van der Waals surface area contributed by atoms with Gasteiger partial charge in [0.25, 0.3) is 0 Å². The summed E-state index contributed by atoms with van der Waals surface area (Å²) in [6, 6.07) is 15.5. The Hall–Kier alpha value is -3.28. The largest absolute Gasteiger partial charge is 0.491 e. The van der Waals surface area contributed by atoms with Crippen LogP contribution in [0.15, 0.2) is 48.5 Å². The molecular weight excluding hydrogens is 392 g/mol. The smallest absolute Gasteiger partial charge is 0.337 e. The summed E-state index contributed by atoms with van der Waals surface area (Å²) in [5.41, 5.74) is 4.97. The zero-order valence-corrected chi connectivity index (χ0v) is 18.1. The van der Waals surface area contributed by atoms with Crippen molar-refractivity contribution in [1.82, 2.24) is 9.78 Å². The number of aromatic nitrogens is 2. The highest BCUT2D eigenvalue weighted by Gasteiger charge is 2.15. The lowest BCUT2D eigenvalue weighted by Gasteiger charge is -2.19. The molecule has 162 valence electrons. The zero-order valence-electron chi connectivity index (χ0n) is 18.1. The molecule has 1 aliphatic rings. The molecule has 0 radical (unpaired) electrons. The molecule has 0 spiro atoms. The molecule has 0 atom stereocenters. The van der Waals surface area contributed by atoms with E-state index in [-0.39, 0.29) is 5.97 Å². The molecule has 1 aromatic heterocycles. The van der Waals surface area contributed by atoms with Crippen LogP contribution < -0.4 is 9.47 Å². The van der Waals surface area contributed by atoms with E-state index < -0.39 is 0 Å². The first-order valence-corrected chi connectivity index (χ1v) is 10.8. The third kappa shape index (κ3) is 4.74. The normalized spacial score (nSPS) is 12.8. The third-order valence-electron chi connectivity index (χ3n) is 5.55. The lowest BCUT2D eigenvalue weighted by Crippen LogP contribution is -2.13. The Morgan fingerprint density at radius 1 is 1.06 bits per heavy atom. The summed E-state index contributed by atoms with van der Waals surface area (Å²) in [4.78, 5) is 11.7. The SMILES string of the molecule is CCOc1cc(-c2ccc(C(=O)OC)cc2)nn1CCOc1cccc2c1CCCC2. The Kier molecular flexibility index (Phi) is 6.55. The summed E-state index contributed by atoms with van der Waals surface area (Å²) in [5, 5.41) is 4.71. The molecule has 3 aromatic rings. The second-order valence-corrected chi connectivity index (χ2v) is 7.54. The summed E-state index contributed by atoms with van der Waals surface area (Å²) in [7, 11) is 1.37. The van der Waals surface area contributed by atoms with Crippen LogP contribution in [-0.4, -0.2) is 36.1 Å². The van der Waals surface area contributed by atoms with Gasteiger partial charge < -0.3 is 14.2 Å². The predicted molar refractivity (Wildman–Crippen MR) is 119 cm³/mol. The fourth-order valence-corrected chi connectivity index (χ4v) is 3.98. The summed E-state index contributed by atoms with van der Waals surface area (Å²) in [5.74, 6) is 1.33. The highest BCUT2D eigenvalue weighted by molar-refractivity contribution is 5.89. The minimum absolute atomic E-state index is 0.354. The maximum Gasteiger partial charge on any atom is 0.337 e. The molecule has 6 heteroatoms. The monoisotopic (exact) mass is 420 g/mol. The Bertz CT molecular complexity index is 1040. The van der Waals surface area contributed by atoms with Crippen LogP contribution in [-0.2, 0) is 24.1 Å². The number of fused-ring (bicyclic) bond motifs is 1. The minimum atomic E-state index is -0.354. The van der Waals surface area contributed by atoms with E-state index in [0.29, 0.717) is 31.2 Å². The van der Waals surface area contributed by atoms with Crippen molar-refractivity contribution in [2.24, 2.45) is 0 Å². The number of rotatable bonds is 8. The van der Waals surface area contributed by atoms with Crippen LogP contribution >= 0.6 is 0 Å². The number of esters is 1. The van der Waals surface area contributed by atoms with E-state index in [9.17, 15) is 4.79 Å². The van der Waals surface area contributed by atoms with Gasteiger partial charge in [-0.1, -0.05) is 24.3 Å². The van der Waals surface area contributed by atoms with Crippen molar-refractivity contribution in [2.45, 2.75) is 39.2 Å². The van der Waals surface area contributed by atoms with Crippen molar-refractivity contribution >= 4 is 5.97 Å². The van der Waals surface area contributed by atoms with Gasteiger partial charge in [0, 0.05) is 11.6 Å². The number of methoxy groups -OCH3 is 1. The molecular formula is C25H28N2O4. The van der Waals surface area contributed by atoms with Gasteiger partial charge in [-0.25, -0.2) is 9.48 Å². The summed E-state index contributed by atoms with van der Waals surface area (Å²) < 4.78 is 18.5. The van der Waals surface area contributed by atoms with Gasteiger partial charge in [-0.05, 0) is 61.9 Å². The molecule has 0 saturated heterocycles. The fourth-order valence-electron chi connectivity index (χ4n) is 3.98. The van der Waals surface area contributed by atoms with Gasteiger partial charge in [-0.2, -0.15) is 5.10 Å². The molecule has 0 amide bonds. The highest BCUT2D eigenvalue weighted by Crippen LogP contribution is 2.30. The van der Waals surface area contributed by atoms with Gasteiger partial charge in [-0.15, -0.1) is 0 Å². The number of hydrogen-bond acceptors (Lipinski definition) is 5. The average molecular weight is 421 g/mol. The topological polar surface area (TPSA) is 62.6 Å². The number of ether oxygens (including phenoxy) is 3. The summed E-state index contributed by atoms with van der Waals surface area (Å²) in [6.07, 6.45) is 4.70. The zero-order chi connectivity index (χ0) is 21.6. The number of carbonyl (C=O) groups excluding carboxylic acids is 1. The lowest BCUT2D eigenvalue weighted by molar-refractivity contribution is 0.0600. The van der Waals surface area contributed by atoms with Crippen molar-refractivity contribution in [2.75, 3.05) is 20.3 Å². The summed E-state index contributed by atoms with van der Waals surface area (Å²) >= 11 is 0. The molecule has 6 nitrogen and oxygen atoms in total. The van der Waals surface area contributed by atoms with E-state index in [1.807, 2.05) is 29.8 Å². The molecule has 1 heterocycles. The second-order valence-electron chi connectivity index (χ2n) is 7.54. The first-order chi connectivity index (χ1) is 15.2. The molecule has 0 aliphatic heterocycles. The third-order valence-corrected chi connectivity index (χ3v) is 5.55. The van der Waals surface area contributed by atoms with E-state index in [4.69, 9.17) is 19.3 Å². The first kappa shape index (κ1) is 21.0. The number of benzene rings is 2. The Labute approximate surface area is 182 Å². The van der Waals surface area contributed by atoms with Crippen molar-refractivity contribution in [3.05, 3.63) is 65.2 Å². The van der Waals surface area contributed by atoms with Crippen LogP contribution in [0.3, 0.4) is 0 Å². The fraction of sp³-hybridized carbons (Fsp3) is 0.360.